The second-order valence-corrected chi connectivity index (χ2v) is 4.75. The minimum Gasteiger partial charge on any atom is -0.361 e. The van der Waals surface area contributed by atoms with Gasteiger partial charge in [-0.3, -0.25) is 5.32 Å². The van der Waals surface area contributed by atoms with Gasteiger partial charge in [0.15, 0.2) is 5.54 Å². The summed E-state index contributed by atoms with van der Waals surface area (Å²) < 4.78 is 40.7. The average molecular weight is 269 g/mol. The van der Waals surface area contributed by atoms with Crippen molar-refractivity contribution in [2.45, 2.75) is 11.7 Å². The predicted molar refractivity (Wildman–Crippen MR) is 66.9 cm³/mol. The maximum atomic E-state index is 13.6. The number of nitrogens with one attached hydrogen (secondary N) is 3. The summed E-state index contributed by atoms with van der Waals surface area (Å²) in [4.78, 5) is 2.91. The zero-order valence-electron chi connectivity index (χ0n) is 10.1. The summed E-state index contributed by atoms with van der Waals surface area (Å²) >= 11 is 0. The number of alkyl halides is 3. The van der Waals surface area contributed by atoms with Crippen molar-refractivity contribution in [3.8, 4) is 0 Å². The molecule has 0 bridgehead atoms. The number of rotatable bonds is 1. The molecule has 1 atom stereocenters. The number of aromatic amines is 1. The smallest absolute Gasteiger partial charge is 0.361 e. The van der Waals surface area contributed by atoms with Gasteiger partial charge >= 0.3 is 6.18 Å². The van der Waals surface area contributed by atoms with Gasteiger partial charge in [-0.2, -0.15) is 13.2 Å². The van der Waals surface area contributed by atoms with Crippen molar-refractivity contribution in [3.05, 3.63) is 36.0 Å². The lowest BCUT2D eigenvalue weighted by Crippen LogP contribution is -2.64. The van der Waals surface area contributed by atoms with Crippen LogP contribution in [0, 0.1) is 0 Å². The molecule has 1 unspecified atom stereocenters. The Morgan fingerprint density at radius 1 is 1.11 bits per heavy atom. The molecule has 0 radical (unpaired) electrons. The largest absolute Gasteiger partial charge is 0.412 e. The van der Waals surface area contributed by atoms with Crippen molar-refractivity contribution >= 4 is 10.9 Å². The molecule has 1 aromatic carbocycles. The Labute approximate surface area is 108 Å². The molecule has 2 heterocycles. The van der Waals surface area contributed by atoms with Crippen LogP contribution < -0.4 is 10.6 Å². The molecule has 3 nitrogen and oxygen atoms in total. The van der Waals surface area contributed by atoms with Gasteiger partial charge in [0.05, 0.1) is 0 Å². The topological polar surface area (TPSA) is 39.9 Å². The second kappa shape index (κ2) is 4.25. The van der Waals surface area contributed by atoms with E-state index in [0.29, 0.717) is 24.0 Å². The van der Waals surface area contributed by atoms with Crippen LogP contribution in [-0.4, -0.2) is 30.8 Å². The highest BCUT2D eigenvalue weighted by Gasteiger charge is 2.57. The quantitative estimate of drug-likeness (QED) is 0.742. The molecule has 3 rings (SSSR count). The maximum Gasteiger partial charge on any atom is 0.412 e. The number of aromatic nitrogens is 1. The van der Waals surface area contributed by atoms with E-state index in [4.69, 9.17) is 0 Å². The van der Waals surface area contributed by atoms with E-state index in [2.05, 4.69) is 15.6 Å². The molecule has 3 N–H and O–H groups in total. The number of piperazine rings is 1. The summed E-state index contributed by atoms with van der Waals surface area (Å²) in [6.07, 6.45) is -2.90. The fourth-order valence-corrected chi connectivity index (χ4v) is 2.67. The van der Waals surface area contributed by atoms with E-state index >= 15 is 0 Å². The van der Waals surface area contributed by atoms with Crippen LogP contribution in [0.4, 0.5) is 13.2 Å². The molecule has 2 aromatic rings. The SMILES string of the molecule is FC(F)(F)C1(c2c[nH]c3ccccc23)CNCCN1. The number of fused-ring (bicyclic) bond motifs is 1. The van der Waals surface area contributed by atoms with Crippen molar-refractivity contribution in [1.29, 1.82) is 0 Å². The van der Waals surface area contributed by atoms with Gasteiger partial charge in [0.2, 0.25) is 0 Å². The van der Waals surface area contributed by atoms with Gasteiger partial charge < -0.3 is 10.3 Å². The highest BCUT2D eigenvalue weighted by atomic mass is 19.4. The first-order valence-corrected chi connectivity index (χ1v) is 6.14. The van der Waals surface area contributed by atoms with Crippen LogP contribution in [-0.2, 0) is 5.54 Å². The summed E-state index contributed by atoms with van der Waals surface area (Å²) in [6, 6.07) is 7.04. The molecular weight excluding hydrogens is 255 g/mol. The second-order valence-electron chi connectivity index (χ2n) is 4.75. The lowest BCUT2D eigenvalue weighted by Gasteiger charge is -2.40. The Morgan fingerprint density at radius 2 is 1.89 bits per heavy atom. The Balaban J connectivity index is 2.19. The van der Waals surface area contributed by atoms with Gasteiger partial charge in [0.1, 0.15) is 0 Å². The summed E-state index contributed by atoms with van der Waals surface area (Å²) in [6.45, 7) is 0.678. The van der Waals surface area contributed by atoms with Gasteiger partial charge in [0, 0.05) is 42.3 Å². The monoisotopic (exact) mass is 269 g/mol. The molecule has 19 heavy (non-hydrogen) atoms. The fourth-order valence-electron chi connectivity index (χ4n) is 2.67. The molecule has 6 heteroatoms. The average Bonchev–Trinajstić information content (AvgIpc) is 2.82. The van der Waals surface area contributed by atoms with Gasteiger partial charge in [-0.1, -0.05) is 18.2 Å². The van der Waals surface area contributed by atoms with Crippen molar-refractivity contribution in [3.63, 3.8) is 0 Å². The third-order valence-electron chi connectivity index (χ3n) is 3.65. The van der Waals surface area contributed by atoms with Crippen LogP contribution in [0.25, 0.3) is 10.9 Å². The Kier molecular flexibility index (Phi) is 2.79. The van der Waals surface area contributed by atoms with Gasteiger partial charge in [-0.25, -0.2) is 0 Å². The van der Waals surface area contributed by atoms with Crippen molar-refractivity contribution < 1.29 is 13.2 Å². The molecule has 1 fully saturated rings. The predicted octanol–water partition coefficient (Wildman–Crippen LogP) is 2.12. The number of hydrogen-bond donors (Lipinski definition) is 3. The molecule has 1 aliphatic rings. The lowest BCUT2D eigenvalue weighted by atomic mass is 9.87. The molecule has 1 saturated heterocycles. The molecule has 1 aliphatic heterocycles. The van der Waals surface area contributed by atoms with E-state index in [1.807, 2.05) is 0 Å². The molecule has 102 valence electrons. The number of hydrogen-bond acceptors (Lipinski definition) is 2. The molecule has 1 aromatic heterocycles. The van der Waals surface area contributed by atoms with Crippen LogP contribution in [0.2, 0.25) is 0 Å². The molecular formula is C13H14F3N3. The Morgan fingerprint density at radius 3 is 2.58 bits per heavy atom. The van der Waals surface area contributed by atoms with Crippen LogP contribution >= 0.6 is 0 Å². The normalized spacial score (nSPS) is 24.8. The Bertz CT molecular complexity index is 582. The van der Waals surface area contributed by atoms with E-state index in [1.165, 1.54) is 6.20 Å². The minimum atomic E-state index is -4.36. The van der Waals surface area contributed by atoms with Gasteiger partial charge in [0.25, 0.3) is 0 Å². The third-order valence-corrected chi connectivity index (χ3v) is 3.65. The highest BCUT2D eigenvalue weighted by Crippen LogP contribution is 2.42. The molecule has 0 saturated carbocycles. The molecule has 0 amide bonds. The van der Waals surface area contributed by atoms with Crippen LogP contribution in [0.1, 0.15) is 5.56 Å². The summed E-state index contributed by atoms with van der Waals surface area (Å²) in [5.74, 6) is 0. The van der Waals surface area contributed by atoms with Gasteiger partial charge in [-0.15, -0.1) is 0 Å². The van der Waals surface area contributed by atoms with Crippen LogP contribution in [0.15, 0.2) is 30.5 Å². The number of halogens is 3. The zero-order valence-corrected chi connectivity index (χ0v) is 10.1. The number of para-hydroxylation sites is 1. The van der Waals surface area contributed by atoms with E-state index in [1.54, 1.807) is 24.3 Å². The summed E-state index contributed by atoms with van der Waals surface area (Å²) in [5.41, 5.74) is -1.05. The minimum absolute atomic E-state index is 0.154. The first-order chi connectivity index (χ1) is 9.05. The van der Waals surface area contributed by atoms with Crippen molar-refractivity contribution in [2.24, 2.45) is 0 Å². The van der Waals surface area contributed by atoms with E-state index < -0.39 is 11.7 Å². The van der Waals surface area contributed by atoms with E-state index in [-0.39, 0.29) is 12.1 Å². The highest BCUT2D eigenvalue weighted by molar-refractivity contribution is 5.84. The molecule has 0 spiro atoms. The standard InChI is InChI=1S/C13H14F3N3/c14-13(15,16)12(8-17-5-6-19-12)10-7-18-11-4-2-1-3-9(10)11/h1-4,7,17-19H,5-6,8H2. The zero-order chi connectivity index (χ0) is 13.5. The summed E-state index contributed by atoms with van der Waals surface area (Å²) in [5, 5.41) is 6.11. The van der Waals surface area contributed by atoms with Crippen molar-refractivity contribution in [1.82, 2.24) is 15.6 Å². The number of benzene rings is 1. The number of H-pyrrole nitrogens is 1. The van der Waals surface area contributed by atoms with E-state index in [9.17, 15) is 13.2 Å². The van der Waals surface area contributed by atoms with Crippen LogP contribution in [0.3, 0.4) is 0 Å². The van der Waals surface area contributed by atoms with Crippen molar-refractivity contribution in [2.75, 3.05) is 19.6 Å². The van der Waals surface area contributed by atoms with Crippen LogP contribution in [0.5, 0.6) is 0 Å². The third kappa shape index (κ3) is 1.82. The Hall–Kier alpha value is -1.53. The maximum absolute atomic E-state index is 13.6. The van der Waals surface area contributed by atoms with E-state index in [0.717, 1.165) is 0 Å². The molecule has 0 aliphatic carbocycles. The first-order valence-electron chi connectivity index (χ1n) is 6.14. The summed E-state index contributed by atoms with van der Waals surface area (Å²) in [7, 11) is 0. The van der Waals surface area contributed by atoms with Gasteiger partial charge in [-0.05, 0) is 6.07 Å². The lowest BCUT2D eigenvalue weighted by molar-refractivity contribution is -0.202. The fraction of sp³-hybridized carbons (Fsp3) is 0.385. The first kappa shape index (κ1) is 12.5.